The van der Waals surface area contributed by atoms with Crippen LogP contribution < -0.4 is 5.32 Å². The largest absolute Gasteiger partial charge is 0.313 e. The molecule has 1 aliphatic heterocycles. The highest BCUT2D eigenvalue weighted by Crippen LogP contribution is 2.32. The second-order valence-corrected chi connectivity index (χ2v) is 2.85. The summed E-state index contributed by atoms with van der Waals surface area (Å²) >= 11 is 0. The predicted molar refractivity (Wildman–Crippen MR) is 36.7 cm³/mol. The molecule has 2 rings (SSSR count). The Morgan fingerprint density at radius 1 is 1.33 bits per heavy atom. The third-order valence-corrected chi connectivity index (χ3v) is 2.28. The normalized spacial score (nSPS) is 47.0. The molecule has 0 amide bonds. The van der Waals surface area contributed by atoms with Gasteiger partial charge in [-0.05, 0) is 12.8 Å². The lowest BCUT2D eigenvalue weighted by Crippen LogP contribution is -2.30. The molecule has 9 heavy (non-hydrogen) atoms. The van der Waals surface area contributed by atoms with Crippen LogP contribution in [0.2, 0.25) is 0 Å². The number of alkyl halides is 1. The highest BCUT2D eigenvalue weighted by Gasteiger charge is 2.39. The van der Waals surface area contributed by atoms with E-state index in [1.54, 1.807) is 0 Å². The van der Waals surface area contributed by atoms with Crippen molar-refractivity contribution >= 4 is 12.4 Å². The highest BCUT2D eigenvalue weighted by atomic mass is 35.5. The summed E-state index contributed by atoms with van der Waals surface area (Å²) in [6.07, 6.45) is 1.37. The number of piperidine rings is 1. The molecule has 0 aromatic carbocycles. The van der Waals surface area contributed by atoms with Gasteiger partial charge in [0.1, 0.15) is 6.17 Å². The van der Waals surface area contributed by atoms with E-state index in [1.165, 1.54) is 0 Å². The lowest BCUT2D eigenvalue weighted by Gasteiger charge is -2.13. The highest BCUT2D eigenvalue weighted by molar-refractivity contribution is 5.85. The standard InChI is InChI=1S/C6H10FN.ClH/c7-6-2-5-1-4(6)3-8-5;/h4-6,8H,1-3H2;1H/t4-,5-,6+;/m0./s1. The molecule has 1 saturated carbocycles. The third kappa shape index (κ3) is 1.06. The van der Waals surface area contributed by atoms with Crippen LogP contribution in [0.3, 0.4) is 0 Å². The summed E-state index contributed by atoms with van der Waals surface area (Å²) < 4.78 is 12.6. The van der Waals surface area contributed by atoms with Gasteiger partial charge >= 0.3 is 0 Å². The summed E-state index contributed by atoms with van der Waals surface area (Å²) in [5.41, 5.74) is 0. The SMILES string of the molecule is Cl.F[C@@H]1C[C@@H]2C[C@H]1CN2. The molecular formula is C6H11ClFN. The van der Waals surface area contributed by atoms with Gasteiger partial charge < -0.3 is 5.32 Å². The van der Waals surface area contributed by atoms with E-state index in [1.807, 2.05) is 0 Å². The monoisotopic (exact) mass is 151 g/mol. The van der Waals surface area contributed by atoms with E-state index in [-0.39, 0.29) is 12.4 Å². The van der Waals surface area contributed by atoms with Crippen molar-refractivity contribution in [1.82, 2.24) is 5.32 Å². The molecular weight excluding hydrogens is 141 g/mol. The Morgan fingerprint density at radius 2 is 2.11 bits per heavy atom. The molecule has 2 fully saturated rings. The van der Waals surface area contributed by atoms with Crippen LogP contribution >= 0.6 is 12.4 Å². The zero-order chi connectivity index (χ0) is 5.56. The van der Waals surface area contributed by atoms with Crippen LogP contribution in [0.1, 0.15) is 12.8 Å². The Bertz CT molecular complexity index is 107. The first-order chi connectivity index (χ1) is 3.86. The Labute approximate surface area is 60.4 Å². The van der Waals surface area contributed by atoms with Crippen LogP contribution in [0, 0.1) is 5.92 Å². The van der Waals surface area contributed by atoms with Crippen molar-refractivity contribution in [3.05, 3.63) is 0 Å². The second kappa shape index (κ2) is 2.43. The fraction of sp³-hybridized carbons (Fsp3) is 1.00. The van der Waals surface area contributed by atoms with Gasteiger partial charge in [-0.2, -0.15) is 0 Å². The van der Waals surface area contributed by atoms with Gasteiger partial charge in [-0.1, -0.05) is 0 Å². The number of halogens is 2. The molecule has 1 aliphatic carbocycles. The fourth-order valence-corrected chi connectivity index (χ4v) is 1.77. The van der Waals surface area contributed by atoms with Gasteiger partial charge in [0.25, 0.3) is 0 Å². The van der Waals surface area contributed by atoms with E-state index < -0.39 is 6.17 Å². The Hall–Kier alpha value is 0.180. The minimum Gasteiger partial charge on any atom is -0.313 e. The van der Waals surface area contributed by atoms with E-state index in [2.05, 4.69) is 5.32 Å². The van der Waals surface area contributed by atoms with Crippen LogP contribution in [-0.4, -0.2) is 18.8 Å². The van der Waals surface area contributed by atoms with Gasteiger partial charge in [0, 0.05) is 18.5 Å². The van der Waals surface area contributed by atoms with Crippen molar-refractivity contribution < 1.29 is 4.39 Å². The summed E-state index contributed by atoms with van der Waals surface area (Å²) in [5.74, 6) is 0.361. The molecule has 1 N–H and O–H groups in total. The first-order valence-corrected chi connectivity index (χ1v) is 3.24. The zero-order valence-electron chi connectivity index (χ0n) is 5.14. The second-order valence-electron chi connectivity index (χ2n) is 2.85. The van der Waals surface area contributed by atoms with E-state index in [9.17, 15) is 4.39 Å². The average Bonchev–Trinajstić information content (AvgIpc) is 2.23. The first kappa shape index (κ1) is 7.29. The Balaban J connectivity index is 0.000000405. The first-order valence-electron chi connectivity index (χ1n) is 3.24. The molecule has 3 heteroatoms. The van der Waals surface area contributed by atoms with E-state index in [0.717, 1.165) is 19.4 Å². The van der Waals surface area contributed by atoms with E-state index in [0.29, 0.717) is 12.0 Å². The van der Waals surface area contributed by atoms with Crippen LogP contribution in [0.5, 0.6) is 0 Å². The quantitative estimate of drug-likeness (QED) is 0.548. The number of nitrogens with one attached hydrogen (secondary N) is 1. The van der Waals surface area contributed by atoms with Crippen LogP contribution in [0.4, 0.5) is 4.39 Å². The molecule has 0 spiro atoms. The number of fused-ring (bicyclic) bond motifs is 2. The Kier molecular flexibility index (Phi) is 1.97. The third-order valence-electron chi connectivity index (χ3n) is 2.28. The molecule has 2 aliphatic rings. The minimum atomic E-state index is -0.485. The lowest BCUT2D eigenvalue weighted by molar-refractivity contribution is 0.242. The lowest BCUT2D eigenvalue weighted by atomic mass is 10.1. The number of rotatable bonds is 0. The molecule has 0 radical (unpaired) electrons. The van der Waals surface area contributed by atoms with Gasteiger partial charge in [0.05, 0.1) is 0 Å². The van der Waals surface area contributed by atoms with Crippen molar-refractivity contribution in [3.63, 3.8) is 0 Å². The van der Waals surface area contributed by atoms with Crippen molar-refractivity contribution in [1.29, 1.82) is 0 Å². The van der Waals surface area contributed by atoms with Gasteiger partial charge in [-0.25, -0.2) is 4.39 Å². The summed E-state index contributed by atoms with van der Waals surface area (Å²) in [7, 11) is 0. The van der Waals surface area contributed by atoms with Crippen LogP contribution in [0.15, 0.2) is 0 Å². The maximum Gasteiger partial charge on any atom is 0.106 e. The van der Waals surface area contributed by atoms with Gasteiger partial charge in [0.2, 0.25) is 0 Å². The predicted octanol–water partition coefficient (Wildman–Crippen LogP) is 1.13. The maximum atomic E-state index is 12.6. The average molecular weight is 152 g/mol. The molecule has 1 saturated heterocycles. The van der Waals surface area contributed by atoms with E-state index in [4.69, 9.17) is 0 Å². The molecule has 0 unspecified atom stereocenters. The molecule has 1 heterocycles. The molecule has 0 aromatic rings. The number of hydrogen-bond acceptors (Lipinski definition) is 1. The number of hydrogen-bond donors (Lipinski definition) is 1. The van der Waals surface area contributed by atoms with Crippen LogP contribution in [-0.2, 0) is 0 Å². The molecule has 3 atom stereocenters. The van der Waals surface area contributed by atoms with Gasteiger partial charge in [-0.3, -0.25) is 0 Å². The minimum absolute atomic E-state index is 0. The maximum absolute atomic E-state index is 12.6. The zero-order valence-corrected chi connectivity index (χ0v) is 5.96. The Morgan fingerprint density at radius 3 is 2.33 bits per heavy atom. The summed E-state index contributed by atoms with van der Waals surface area (Å²) in [4.78, 5) is 0. The summed E-state index contributed by atoms with van der Waals surface area (Å²) in [6.45, 7) is 0.922. The molecule has 0 aromatic heterocycles. The molecule has 1 nitrogen and oxygen atoms in total. The van der Waals surface area contributed by atoms with Crippen molar-refractivity contribution in [2.75, 3.05) is 6.54 Å². The smallest absolute Gasteiger partial charge is 0.106 e. The molecule has 2 bridgehead atoms. The van der Waals surface area contributed by atoms with Crippen molar-refractivity contribution in [2.45, 2.75) is 25.1 Å². The summed E-state index contributed by atoms with van der Waals surface area (Å²) in [6, 6.07) is 0.523. The van der Waals surface area contributed by atoms with Crippen molar-refractivity contribution in [3.8, 4) is 0 Å². The van der Waals surface area contributed by atoms with Crippen LogP contribution in [0.25, 0.3) is 0 Å². The summed E-state index contributed by atoms with van der Waals surface area (Å²) in [5, 5.41) is 3.25. The molecule has 54 valence electrons. The van der Waals surface area contributed by atoms with Gasteiger partial charge in [0.15, 0.2) is 0 Å². The topological polar surface area (TPSA) is 12.0 Å². The fourth-order valence-electron chi connectivity index (χ4n) is 1.77. The van der Waals surface area contributed by atoms with Gasteiger partial charge in [-0.15, -0.1) is 12.4 Å². The van der Waals surface area contributed by atoms with E-state index >= 15 is 0 Å². The van der Waals surface area contributed by atoms with Crippen molar-refractivity contribution in [2.24, 2.45) is 5.92 Å².